The second kappa shape index (κ2) is 5.01. The first-order valence-corrected chi connectivity index (χ1v) is 6.73. The molecule has 5 nitrogen and oxygen atoms in total. The van der Waals surface area contributed by atoms with Crippen LogP contribution < -0.4 is 5.32 Å². The van der Waals surface area contributed by atoms with Crippen molar-refractivity contribution < 1.29 is 9.72 Å². The van der Waals surface area contributed by atoms with Crippen molar-refractivity contribution in [3.63, 3.8) is 0 Å². The van der Waals surface area contributed by atoms with Crippen LogP contribution in [-0.4, -0.2) is 10.8 Å². The molecule has 21 heavy (non-hydrogen) atoms. The summed E-state index contributed by atoms with van der Waals surface area (Å²) in [5.41, 5.74) is 5.20. The van der Waals surface area contributed by atoms with Gasteiger partial charge in [-0.25, -0.2) is 0 Å². The van der Waals surface area contributed by atoms with E-state index in [1.807, 2.05) is 24.3 Å². The lowest BCUT2D eigenvalue weighted by atomic mass is 9.85. The van der Waals surface area contributed by atoms with Gasteiger partial charge in [-0.05, 0) is 53.3 Å². The van der Waals surface area contributed by atoms with Crippen LogP contribution >= 0.6 is 0 Å². The Bertz CT molecular complexity index is 753. The highest BCUT2D eigenvalue weighted by Crippen LogP contribution is 2.36. The fourth-order valence-corrected chi connectivity index (χ4v) is 2.78. The molecule has 0 atom stereocenters. The molecule has 1 aliphatic carbocycles. The lowest BCUT2D eigenvalue weighted by Gasteiger charge is -2.20. The highest BCUT2D eigenvalue weighted by atomic mass is 16.6. The van der Waals surface area contributed by atoms with Crippen LogP contribution in [0.5, 0.6) is 0 Å². The highest BCUT2D eigenvalue weighted by Gasteiger charge is 2.19. The molecule has 0 bridgehead atoms. The predicted octanol–water partition coefficient (Wildman–Crippen LogP) is 3.32. The molecule has 0 spiro atoms. The molecule has 0 aliphatic heterocycles. The Kier molecular flexibility index (Phi) is 3.17. The second-order valence-corrected chi connectivity index (χ2v) is 5.15. The molecule has 106 valence electrons. The highest BCUT2D eigenvalue weighted by molar-refractivity contribution is 5.89. The van der Waals surface area contributed by atoms with E-state index in [0.717, 1.165) is 40.8 Å². The van der Waals surface area contributed by atoms with Gasteiger partial charge in [0.2, 0.25) is 5.91 Å². The van der Waals surface area contributed by atoms with Crippen LogP contribution in [0.3, 0.4) is 0 Å². The normalized spacial score (nSPS) is 12.2. The predicted molar refractivity (Wildman–Crippen MR) is 80.2 cm³/mol. The molecular weight excluding hydrogens is 268 g/mol. The molecule has 1 amide bonds. The first-order valence-electron chi connectivity index (χ1n) is 6.73. The maximum Gasteiger partial charge on any atom is 0.269 e. The third-order valence-electron chi connectivity index (χ3n) is 3.68. The van der Waals surface area contributed by atoms with Crippen LogP contribution in [0.25, 0.3) is 11.1 Å². The second-order valence-electron chi connectivity index (χ2n) is 5.15. The molecule has 0 aromatic heterocycles. The molecule has 0 unspecified atom stereocenters. The topological polar surface area (TPSA) is 72.2 Å². The zero-order valence-corrected chi connectivity index (χ0v) is 11.6. The number of fused-ring (bicyclic) bond motifs is 3. The van der Waals surface area contributed by atoms with E-state index in [-0.39, 0.29) is 16.5 Å². The van der Waals surface area contributed by atoms with Crippen molar-refractivity contribution in [1.29, 1.82) is 0 Å². The summed E-state index contributed by atoms with van der Waals surface area (Å²) in [5, 5.41) is 13.6. The van der Waals surface area contributed by atoms with E-state index in [2.05, 4.69) is 5.32 Å². The number of hydrogen-bond acceptors (Lipinski definition) is 3. The summed E-state index contributed by atoms with van der Waals surface area (Å²) in [5.74, 6) is -0.0956. The number of carbonyl (C=O) groups is 1. The van der Waals surface area contributed by atoms with Crippen molar-refractivity contribution in [2.75, 3.05) is 5.32 Å². The third kappa shape index (κ3) is 2.50. The Morgan fingerprint density at radius 2 is 1.71 bits per heavy atom. The van der Waals surface area contributed by atoms with Gasteiger partial charge in [0.25, 0.3) is 5.69 Å². The number of nitrogens with one attached hydrogen (secondary N) is 1. The molecule has 1 N–H and O–H groups in total. The van der Waals surface area contributed by atoms with Crippen LogP contribution in [0.4, 0.5) is 11.4 Å². The first-order chi connectivity index (χ1) is 10.0. The summed E-state index contributed by atoms with van der Waals surface area (Å²) in [4.78, 5) is 21.6. The molecule has 2 aromatic rings. The number of non-ortho nitro benzene ring substituents is 1. The number of anilines is 1. The summed E-state index contributed by atoms with van der Waals surface area (Å²) in [7, 11) is 0. The summed E-state index contributed by atoms with van der Waals surface area (Å²) in [6, 6.07) is 10.8. The molecule has 1 aliphatic rings. The Balaban J connectivity index is 2.03. The van der Waals surface area contributed by atoms with Crippen molar-refractivity contribution in [2.24, 2.45) is 0 Å². The number of nitrogens with zero attached hydrogens (tertiary/aromatic N) is 1. The number of hydrogen-bond donors (Lipinski definition) is 1. The van der Waals surface area contributed by atoms with Crippen LogP contribution in [0.2, 0.25) is 0 Å². The fraction of sp³-hybridized carbons (Fsp3) is 0.188. The Labute approximate surface area is 121 Å². The van der Waals surface area contributed by atoms with E-state index in [1.165, 1.54) is 13.0 Å². The maximum atomic E-state index is 11.1. The van der Waals surface area contributed by atoms with Crippen LogP contribution in [-0.2, 0) is 17.6 Å². The first kappa shape index (κ1) is 13.3. The van der Waals surface area contributed by atoms with Crippen LogP contribution in [0.15, 0.2) is 36.4 Å². The van der Waals surface area contributed by atoms with Crippen molar-refractivity contribution in [1.82, 2.24) is 0 Å². The SMILES string of the molecule is CC(=O)Nc1ccc2c(c1)CCc1cc([N+](=O)[O-])ccc1-2. The van der Waals surface area contributed by atoms with Gasteiger partial charge < -0.3 is 5.32 Å². The summed E-state index contributed by atoms with van der Waals surface area (Å²) >= 11 is 0. The largest absolute Gasteiger partial charge is 0.326 e. The molecule has 3 rings (SSSR count). The van der Waals surface area contributed by atoms with E-state index in [9.17, 15) is 14.9 Å². The number of aryl methyl sites for hydroxylation is 2. The number of rotatable bonds is 2. The van der Waals surface area contributed by atoms with Crippen LogP contribution in [0, 0.1) is 10.1 Å². The van der Waals surface area contributed by atoms with Gasteiger partial charge in [0.05, 0.1) is 4.92 Å². The van der Waals surface area contributed by atoms with Gasteiger partial charge in [-0.3, -0.25) is 14.9 Å². The van der Waals surface area contributed by atoms with Crippen molar-refractivity contribution in [3.05, 3.63) is 57.6 Å². The van der Waals surface area contributed by atoms with Gasteiger partial charge in [0.1, 0.15) is 0 Å². The summed E-state index contributed by atoms with van der Waals surface area (Å²) in [6.45, 7) is 1.48. The average Bonchev–Trinajstić information content (AvgIpc) is 2.45. The zero-order chi connectivity index (χ0) is 15.0. The molecule has 5 heteroatoms. The van der Waals surface area contributed by atoms with Crippen LogP contribution in [0.1, 0.15) is 18.1 Å². The lowest BCUT2D eigenvalue weighted by molar-refractivity contribution is -0.384. The number of nitro groups is 1. The molecule has 0 radical (unpaired) electrons. The van der Waals surface area contributed by atoms with Gasteiger partial charge in [-0.15, -0.1) is 0 Å². The van der Waals surface area contributed by atoms with Gasteiger partial charge in [-0.1, -0.05) is 6.07 Å². The number of nitro benzene ring substituents is 1. The van der Waals surface area contributed by atoms with Crippen molar-refractivity contribution in [2.45, 2.75) is 19.8 Å². The monoisotopic (exact) mass is 282 g/mol. The molecular formula is C16H14N2O3. The van der Waals surface area contributed by atoms with Gasteiger partial charge in [-0.2, -0.15) is 0 Å². The quantitative estimate of drug-likeness (QED) is 0.678. The smallest absolute Gasteiger partial charge is 0.269 e. The van der Waals surface area contributed by atoms with E-state index >= 15 is 0 Å². The minimum absolute atomic E-state index is 0.0956. The Hall–Kier alpha value is -2.69. The van der Waals surface area contributed by atoms with E-state index in [1.54, 1.807) is 6.07 Å². The van der Waals surface area contributed by atoms with Gasteiger partial charge in [0.15, 0.2) is 0 Å². The van der Waals surface area contributed by atoms with E-state index < -0.39 is 0 Å². The van der Waals surface area contributed by atoms with E-state index in [0.29, 0.717) is 0 Å². The molecule has 0 saturated carbocycles. The summed E-state index contributed by atoms with van der Waals surface area (Å²) in [6.07, 6.45) is 1.59. The minimum Gasteiger partial charge on any atom is -0.326 e. The molecule has 0 heterocycles. The fourth-order valence-electron chi connectivity index (χ4n) is 2.78. The molecule has 0 saturated heterocycles. The Morgan fingerprint density at radius 3 is 2.33 bits per heavy atom. The van der Waals surface area contributed by atoms with E-state index in [4.69, 9.17) is 0 Å². The molecule has 0 fully saturated rings. The van der Waals surface area contributed by atoms with Gasteiger partial charge >= 0.3 is 0 Å². The lowest BCUT2D eigenvalue weighted by Crippen LogP contribution is -2.08. The number of carbonyl (C=O) groups excluding carboxylic acids is 1. The minimum atomic E-state index is -0.365. The maximum absolute atomic E-state index is 11.1. The van der Waals surface area contributed by atoms with Crippen molar-refractivity contribution >= 4 is 17.3 Å². The average molecular weight is 282 g/mol. The third-order valence-corrected chi connectivity index (χ3v) is 3.68. The Morgan fingerprint density at radius 1 is 1.10 bits per heavy atom. The zero-order valence-electron chi connectivity index (χ0n) is 11.6. The van der Waals surface area contributed by atoms with Crippen molar-refractivity contribution in [3.8, 4) is 11.1 Å². The standard InChI is InChI=1S/C16H14N2O3/c1-10(19)17-13-4-6-15-11(8-13)2-3-12-9-14(18(20)21)5-7-16(12)15/h4-9H,2-3H2,1H3,(H,17,19). The molecule has 2 aromatic carbocycles. The summed E-state index contributed by atoms with van der Waals surface area (Å²) < 4.78 is 0. The van der Waals surface area contributed by atoms with Gasteiger partial charge in [0, 0.05) is 24.7 Å². The number of amides is 1. The number of benzene rings is 2.